The van der Waals surface area contributed by atoms with Crippen molar-refractivity contribution >= 4 is 5.91 Å². The Hall–Kier alpha value is -4.41. The van der Waals surface area contributed by atoms with E-state index in [1.807, 2.05) is 65.7 Å². The van der Waals surface area contributed by atoms with E-state index in [0.717, 1.165) is 28.8 Å². The molecule has 1 aromatic heterocycles. The van der Waals surface area contributed by atoms with Gasteiger partial charge >= 0.3 is 0 Å². The largest absolute Gasteiger partial charge is 0.456 e. The van der Waals surface area contributed by atoms with Crippen molar-refractivity contribution in [3.8, 4) is 17.6 Å². The van der Waals surface area contributed by atoms with E-state index in [0.29, 0.717) is 36.7 Å². The molecule has 36 heavy (non-hydrogen) atoms. The van der Waals surface area contributed by atoms with E-state index in [-0.39, 0.29) is 18.0 Å². The van der Waals surface area contributed by atoms with Crippen LogP contribution in [0.4, 0.5) is 0 Å². The highest BCUT2D eigenvalue weighted by Gasteiger charge is 2.37. The third kappa shape index (κ3) is 4.12. The first-order valence-electron chi connectivity index (χ1n) is 12.1. The number of nitriles is 1. The highest BCUT2D eigenvalue weighted by Crippen LogP contribution is 2.35. The number of hydrogen-bond donors (Lipinski definition) is 1. The Morgan fingerprint density at radius 1 is 1.03 bits per heavy atom. The van der Waals surface area contributed by atoms with Crippen LogP contribution in [0.3, 0.4) is 0 Å². The van der Waals surface area contributed by atoms with Gasteiger partial charge in [-0.15, -0.1) is 0 Å². The molecule has 3 heterocycles. The zero-order valence-corrected chi connectivity index (χ0v) is 19.7. The Kier molecular flexibility index (Phi) is 5.72. The first-order valence-corrected chi connectivity index (χ1v) is 12.1. The number of amides is 1. The molecule has 0 aliphatic carbocycles. The first-order chi connectivity index (χ1) is 17.7. The minimum absolute atomic E-state index is 0.0883. The molecule has 6 bridgehead atoms. The molecule has 1 N–H and O–H groups in total. The molecule has 6 rings (SSSR count). The second-order valence-corrected chi connectivity index (χ2v) is 9.20. The highest BCUT2D eigenvalue weighted by atomic mass is 16.5. The Bertz CT molecular complexity index is 1460. The van der Waals surface area contributed by atoms with Gasteiger partial charge in [-0.05, 0) is 47.4 Å². The molecule has 1 amide bonds. The number of nitrogens with zero attached hydrogens (tertiary/aromatic N) is 4. The predicted molar refractivity (Wildman–Crippen MR) is 134 cm³/mol. The molecule has 2 aliphatic rings. The standard InChI is InChI=1S/C29H25N5O2/c30-15-23-10-9-20-13-27(23)36-25-8-4-7-22(14-25)28(21-5-2-1-3-6-21)34-12-11-26(29(34)35)32-17-24-16-31-19-33(24)18-20/h1-10,13-14,16,19,26,28,32H,11-12,17-18H2/t26-,28?/m1/s1. The molecule has 0 spiro atoms. The molecule has 1 saturated heterocycles. The van der Waals surface area contributed by atoms with Gasteiger partial charge in [-0.3, -0.25) is 4.79 Å². The van der Waals surface area contributed by atoms with Crippen molar-refractivity contribution in [1.82, 2.24) is 19.8 Å². The predicted octanol–water partition coefficient (Wildman–Crippen LogP) is 4.39. The number of fused-ring (bicyclic) bond motifs is 7. The molecule has 1 unspecified atom stereocenters. The van der Waals surface area contributed by atoms with Crippen LogP contribution in [0, 0.1) is 11.3 Å². The van der Waals surface area contributed by atoms with E-state index < -0.39 is 0 Å². The number of carbonyl (C=O) groups is 1. The SMILES string of the molecule is N#Cc1ccc2cc1Oc1cccc(c1)C(c1ccccc1)N1CC[C@@H](NCc3cncn3C2)C1=O. The number of hydrogen-bond acceptors (Lipinski definition) is 5. The van der Waals surface area contributed by atoms with Gasteiger partial charge in [0, 0.05) is 25.8 Å². The summed E-state index contributed by atoms with van der Waals surface area (Å²) in [7, 11) is 0. The van der Waals surface area contributed by atoms with Crippen LogP contribution >= 0.6 is 0 Å². The Morgan fingerprint density at radius 2 is 1.89 bits per heavy atom. The summed E-state index contributed by atoms with van der Waals surface area (Å²) in [6, 6.07) is 25.3. The topological polar surface area (TPSA) is 83.2 Å². The molecule has 0 radical (unpaired) electrons. The summed E-state index contributed by atoms with van der Waals surface area (Å²) in [4.78, 5) is 19.9. The fraction of sp³-hybridized carbons (Fsp3) is 0.207. The lowest BCUT2D eigenvalue weighted by molar-refractivity contribution is -0.130. The maximum absolute atomic E-state index is 13.6. The highest BCUT2D eigenvalue weighted by molar-refractivity contribution is 5.85. The second kappa shape index (κ2) is 9.33. The van der Waals surface area contributed by atoms with Crippen LogP contribution in [0.25, 0.3) is 0 Å². The minimum Gasteiger partial charge on any atom is -0.456 e. The summed E-state index contributed by atoms with van der Waals surface area (Å²) in [5.74, 6) is 1.22. The van der Waals surface area contributed by atoms with E-state index in [1.54, 1.807) is 12.4 Å². The maximum atomic E-state index is 13.6. The number of rotatable bonds is 1. The van der Waals surface area contributed by atoms with Gasteiger partial charge in [-0.2, -0.15) is 5.26 Å². The molecule has 7 heteroatoms. The lowest BCUT2D eigenvalue weighted by Gasteiger charge is -2.29. The fourth-order valence-electron chi connectivity index (χ4n) is 5.11. The number of ether oxygens (including phenoxy) is 1. The van der Waals surface area contributed by atoms with Gasteiger partial charge in [0.2, 0.25) is 5.91 Å². The number of benzene rings is 3. The number of imidazole rings is 1. The molecular formula is C29H25N5O2. The van der Waals surface area contributed by atoms with Crippen LogP contribution in [0.15, 0.2) is 85.3 Å². The zero-order chi connectivity index (χ0) is 24.5. The Morgan fingerprint density at radius 3 is 2.75 bits per heavy atom. The molecule has 7 nitrogen and oxygen atoms in total. The average Bonchev–Trinajstić information content (AvgIpc) is 3.49. The van der Waals surface area contributed by atoms with Crippen molar-refractivity contribution in [2.45, 2.75) is 31.6 Å². The monoisotopic (exact) mass is 475 g/mol. The third-order valence-electron chi connectivity index (χ3n) is 6.92. The van der Waals surface area contributed by atoms with Gasteiger partial charge < -0.3 is 19.5 Å². The van der Waals surface area contributed by atoms with Gasteiger partial charge in [-0.25, -0.2) is 4.98 Å². The Labute approximate surface area is 209 Å². The smallest absolute Gasteiger partial charge is 0.240 e. The molecule has 178 valence electrons. The maximum Gasteiger partial charge on any atom is 0.240 e. The molecule has 0 saturated carbocycles. The van der Waals surface area contributed by atoms with Gasteiger partial charge in [0.15, 0.2) is 0 Å². The van der Waals surface area contributed by atoms with Crippen molar-refractivity contribution in [1.29, 1.82) is 5.26 Å². The van der Waals surface area contributed by atoms with E-state index in [9.17, 15) is 10.1 Å². The van der Waals surface area contributed by atoms with Crippen LogP contribution in [0.2, 0.25) is 0 Å². The van der Waals surface area contributed by atoms with Crippen LogP contribution in [-0.2, 0) is 17.9 Å². The van der Waals surface area contributed by atoms with Crippen molar-refractivity contribution in [3.63, 3.8) is 0 Å². The zero-order valence-electron chi connectivity index (χ0n) is 19.7. The number of aromatic nitrogens is 2. The summed E-state index contributed by atoms with van der Waals surface area (Å²) in [5, 5.41) is 13.2. The van der Waals surface area contributed by atoms with Crippen molar-refractivity contribution in [3.05, 3.63) is 113 Å². The van der Waals surface area contributed by atoms with E-state index in [1.165, 1.54) is 0 Å². The average molecular weight is 476 g/mol. The van der Waals surface area contributed by atoms with Gasteiger partial charge in [0.1, 0.15) is 17.6 Å². The second-order valence-electron chi connectivity index (χ2n) is 9.20. The number of carbonyl (C=O) groups excluding carboxylic acids is 1. The normalized spacial score (nSPS) is 19.3. The minimum atomic E-state index is -0.256. The summed E-state index contributed by atoms with van der Waals surface area (Å²) < 4.78 is 8.33. The van der Waals surface area contributed by atoms with Crippen LogP contribution in [0.5, 0.6) is 11.5 Å². The quantitative estimate of drug-likeness (QED) is 0.442. The molecule has 2 atom stereocenters. The summed E-state index contributed by atoms with van der Waals surface area (Å²) >= 11 is 0. The number of nitrogens with one attached hydrogen (secondary N) is 1. The van der Waals surface area contributed by atoms with Crippen molar-refractivity contribution in [2.24, 2.45) is 0 Å². The summed E-state index contributed by atoms with van der Waals surface area (Å²) in [6.07, 6.45) is 4.35. The van der Waals surface area contributed by atoms with Gasteiger partial charge in [0.25, 0.3) is 0 Å². The molecule has 2 aliphatic heterocycles. The van der Waals surface area contributed by atoms with E-state index in [4.69, 9.17) is 4.74 Å². The lowest BCUT2D eigenvalue weighted by atomic mass is 9.97. The van der Waals surface area contributed by atoms with Gasteiger partial charge in [0.05, 0.1) is 29.7 Å². The molecule has 4 aromatic rings. The molecule has 1 fully saturated rings. The van der Waals surface area contributed by atoms with E-state index in [2.05, 4.69) is 33.1 Å². The third-order valence-corrected chi connectivity index (χ3v) is 6.92. The molecular weight excluding hydrogens is 450 g/mol. The fourth-order valence-corrected chi connectivity index (χ4v) is 5.11. The van der Waals surface area contributed by atoms with Crippen LogP contribution in [0.1, 0.15) is 40.4 Å². The van der Waals surface area contributed by atoms with E-state index >= 15 is 0 Å². The van der Waals surface area contributed by atoms with Crippen LogP contribution < -0.4 is 10.1 Å². The van der Waals surface area contributed by atoms with Crippen LogP contribution in [-0.4, -0.2) is 32.9 Å². The summed E-state index contributed by atoms with van der Waals surface area (Å²) in [6.45, 7) is 1.77. The summed E-state index contributed by atoms with van der Waals surface area (Å²) in [5.41, 5.74) is 4.46. The molecule has 3 aromatic carbocycles. The van der Waals surface area contributed by atoms with Gasteiger partial charge in [-0.1, -0.05) is 48.5 Å². The Balaban J connectivity index is 1.48. The van der Waals surface area contributed by atoms with Crippen molar-refractivity contribution < 1.29 is 9.53 Å². The van der Waals surface area contributed by atoms with Crippen molar-refractivity contribution in [2.75, 3.05) is 6.54 Å². The lowest BCUT2D eigenvalue weighted by Crippen LogP contribution is -2.40. The first kappa shape index (κ1) is 22.1.